The van der Waals surface area contributed by atoms with Gasteiger partial charge in [-0.1, -0.05) is 13.3 Å². The van der Waals surface area contributed by atoms with Crippen molar-refractivity contribution in [2.45, 2.75) is 51.1 Å². The number of fused-ring (bicyclic) bond motifs is 1. The first-order valence-electron chi connectivity index (χ1n) is 7.35. The molecule has 0 bridgehead atoms. The van der Waals surface area contributed by atoms with Crippen LogP contribution in [0.4, 0.5) is 8.78 Å². The van der Waals surface area contributed by atoms with Crippen LogP contribution in [0, 0.1) is 11.6 Å². The highest BCUT2D eigenvalue weighted by Crippen LogP contribution is 2.28. The molecule has 0 aromatic heterocycles. The van der Waals surface area contributed by atoms with Crippen molar-refractivity contribution in [2.75, 3.05) is 7.05 Å². The van der Waals surface area contributed by atoms with E-state index >= 15 is 0 Å². The van der Waals surface area contributed by atoms with Gasteiger partial charge in [-0.05, 0) is 49.9 Å². The third-order valence-electron chi connectivity index (χ3n) is 4.35. The number of rotatable bonds is 5. The van der Waals surface area contributed by atoms with Crippen molar-refractivity contribution in [1.82, 2.24) is 4.90 Å². The molecule has 1 aliphatic rings. The predicted octanol–water partition coefficient (Wildman–Crippen LogP) is 3.01. The molecular weight excluding hydrogens is 276 g/mol. The third-order valence-corrected chi connectivity index (χ3v) is 4.35. The highest BCUT2D eigenvalue weighted by Gasteiger charge is 2.31. The largest absolute Gasteiger partial charge is 0.480 e. The summed E-state index contributed by atoms with van der Waals surface area (Å²) in [5.41, 5.74) is 1.24. The average Bonchev–Trinajstić information content (AvgIpc) is 2.43. The van der Waals surface area contributed by atoms with Gasteiger partial charge in [-0.2, -0.15) is 0 Å². The van der Waals surface area contributed by atoms with Crippen molar-refractivity contribution < 1.29 is 18.7 Å². The lowest BCUT2D eigenvalue weighted by Gasteiger charge is -2.36. The Morgan fingerprint density at radius 2 is 2.19 bits per heavy atom. The van der Waals surface area contributed by atoms with Crippen molar-refractivity contribution >= 4 is 5.97 Å². The fourth-order valence-electron chi connectivity index (χ4n) is 3.15. The molecule has 5 heteroatoms. The number of nitrogens with zero attached hydrogens (tertiary/aromatic N) is 1. The van der Waals surface area contributed by atoms with Crippen LogP contribution >= 0.6 is 0 Å². The van der Waals surface area contributed by atoms with Crippen LogP contribution in [0.25, 0.3) is 0 Å². The number of carbonyl (C=O) groups is 1. The lowest BCUT2D eigenvalue weighted by atomic mass is 9.86. The first-order valence-corrected chi connectivity index (χ1v) is 7.35. The van der Waals surface area contributed by atoms with Crippen LogP contribution in [0.5, 0.6) is 0 Å². The first-order chi connectivity index (χ1) is 9.93. The highest BCUT2D eigenvalue weighted by molar-refractivity contribution is 5.73. The molecular formula is C16H21F2NO2. The van der Waals surface area contributed by atoms with E-state index in [1.165, 1.54) is 6.07 Å². The molecule has 0 saturated heterocycles. The van der Waals surface area contributed by atoms with Gasteiger partial charge in [0, 0.05) is 12.1 Å². The van der Waals surface area contributed by atoms with E-state index in [9.17, 15) is 18.7 Å². The van der Waals surface area contributed by atoms with Gasteiger partial charge in [-0.25, -0.2) is 8.78 Å². The Balaban J connectivity index is 2.18. The molecule has 2 unspecified atom stereocenters. The van der Waals surface area contributed by atoms with Crippen LogP contribution in [-0.2, 0) is 17.6 Å². The maximum Gasteiger partial charge on any atom is 0.320 e. The summed E-state index contributed by atoms with van der Waals surface area (Å²) in [7, 11) is 1.78. The summed E-state index contributed by atoms with van der Waals surface area (Å²) < 4.78 is 27.1. The minimum atomic E-state index is -0.843. The number of carboxylic acids is 1. The predicted molar refractivity (Wildman–Crippen MR) is 76.3 cm³/mol. The Morgan fingerprint density at radius 1 is 1.48 bits per heavy atom. The molecule has 0 heterocycles. The van der Waals surface area contributed by atoms with E-state index < -0.39 is 23.6 Å². The highest BCUT2D eigenvalue weighted by atomic mass is 19.1. The summed E-state index contributed by atoms with van der Waals surface area (Å²) in [5, 5.41) is 9.33. The molecule has 21 heavy (non-hydrogen) atoms. The summed E-state index contributed by atoms with van der Waals surface area (Å²) in [6, 6.07) is 1.72. The second-order valence-electron chi connectivity index (χ2n) is 5.73. The SMILES string of the molecule is CCCC(C(=O)O)N(C)C1CCc2cc(F)cc(F)c2C1. The topological polar surface area (TPSA) is 40.5 Å². The molecule has 0 radical (unpaired) electrons. The molecule has 0 spiro atoms. The summed E-state index contributed by atoms with van der Waals surface area (Å²) in [4.78, 5) is 13.2. The van der Waals surface area contributed by atoms with Gasteiger partial charge in [0.1, 0.15) is 17.7 Å². The number of carboxylic acid groups (broad SMARTS) is 1. The number of hydrogen-bond acceptors (Lipinski definition) is 2. The summed E-state index contributed by atoms with van der Waals surface area (Å²) in [6.07, 6.45) is 3.09. The van der Waals surface area contributed by atoms with E-state index in [0.29, 0.717) is 30.4 Å². The molecule has 2 atom stereocenters. The van der Waals surface area contributed by atoms with Gasteiger partial charge in [-0.3, -0.25) is 9.69 Å². The van der Waals surface area contributed by atoms with Gasteiger partial charge < -0.3 is 5.11 Å². The summed E-state index contributed by atoms with van der Waals surface area (Å²) >= 11 is 0. The summed E-state index contributed by atoms with van der Waals surface area (Å²) in [5.74, 6) is -1.91. The van der Waals surface area contributed by atoms with E-state index in [2.05, 4.69) is 0 Å². The van der Waals surface area contributed by atoms with Gasteiger partial charge in [-0.15, -0.1) is 0 Å². The maximum atomic E-state index is 13.9. The number of benzene rings is 1. The Morgan fingerprint density at radius 3 is 2.81 bits per heavy atom. The number of hydrogen-bond donors (Lipinski definition) is 1. The monoisotopic (exact) mass is 297 g/mol. The fraction of sp³-hybridized carbons (Fsp3) is 0.562. The molecule has 116 valence electrons. The molecule has 0 fully saturated rings. The Labute approximate surface area is 123 Å². The molecule has 2 rings (SSSR count). The average molecular weight is 297 g/mol. The molecule has 3 nitrogen and oxygen atoms in total. The summed E-state index contributed by atoms with van der Waals surface area (Å²) in [6.45, 7) is 1.95. The zero-order valence-electron chi connectivity index (χ0n) is 12.4. The standard InChI is InChI=1S/C16H21F2NO2/c1-3-4-15(16(20)21)19(2)12-6-5-10-7-11(17)8-14(18)13(10)9-12/h7-8,12,15H,3-6,9H2,1-2H3,(H,20,21). The number of halogens is 2. The van der Waals surface area contributed by atoms with Crippen LogP contribution in [0.3, 0.4) is 0 Å². The van der Waals surface area contributed by atoms with Crippen molar-refractivity contribution in [3.05, 3.63) is 34.9 Å². The van der Waals surface area contributed by atoms with Crippen LogP contribution in [0.2, 0.25) is 0 Å². The first kappa shape index (κ1) is 15.9. The van der Waals surface area contributed by atoms with Gasteiger partial charge in [0.25, 0.3) is 0 Å². The minimum Gasteiger partial charge on any atom is -0.480 e. The normalized spacial score (nSPS) is 19.4. The Bertz CT molecular complexity index is 533. The molecule has 0 amide bonds. The Kier molecular flexibility index (Phi) is 4.93. The van der Waals surface area contributed by atoms with E-state index in [1.807, 2.05) is 11.8 Å². The molecule has 1 aliphatic carbocycles. The lowest BCUT2D eigenvalue weighted by Crippen LogP contribution is -2.47. The molecule has 1 aromatic rings. The van der Waals surface area contributed by atoms with Crippen LogP contribution < -0.4 is 0 Å². The molecule has 0 saturated carbocycles. The molecule has 1 N–H and O–H groups in total. The van der Waals surface area contributed by atoms with Crippen LogP contribution in [0.1, 0.15) is 37.3 Å². The third kappa shape index (κ3) is 3.40. The van der Waals surface area contributed by atoms with Crippen molar-refractivity contribution in [1.29, 1.82) is 0 Å². The smallest absolute Gasteiger partial charge is 0.320 e. The minimum absolute atomic E-state index is 0.0230. The van der Waals surface area contributed by atoms with Crippen molar-refractivity contribution in [3.63, 3.8) is 0 Å². The van der Waals surface area contributed by atoms with E-state index in [-0.39, 0.29) is 6.04 Å². The molecule has 1 aromatic carbocycles. The maximum absolute atomic E-state index is 13.9. The van der Waals surface area contributed by atoms with Crippen molar-refractivity contribution in [2.24, 2.45) is 0 Å². The van der Waals surface area contributed by atoms with Gasteiger partial charge >= 0.3 is 5.97 Å². The van der Waals surface area contributed by atoms with E-state index in [4.69, 9.17) is 0 Å². The lowest BCUT2D eigenvalue weighted by molar-refractivity contribution is -0.144. The fourth-order valence-corrected chi connectivity index (χ4v) is 3.15. The van der Waals surface area contributed by atoms with Gasteiger partial charge in [0.2, 0.25) is 0 Å². The van der Waals surface area contributed by atoms with E-state index in [1.54, 1.807) is 7.05 Å². The Hall–Kier alpha value is -1.49. The van der Waals surface area contributed by atoms with Crippen LogP contribution in [0.15, 0.2) is 12.1 Å². The number of likely N-dealkylation sites (N-methyl/N-ethyl adjacent to an activating group) is 1. The number of aryl methyl sites for hydroxylation is 1. The second kappa shape index (κ2) is 6.52. The van der Waals surface area contributed by atoms with Crippen molar-refractivity contribution in [3.8, 4) is 0 Å². The molecule has 0 aliphatic heterocycles. The van der Waals surface area contributed by atoms with Crippen LogP contribution in [-0.4, -0.2) is 35.1 Å². The zero-order chi connectivity index (χ0) is 15.6. The van der Waals surface area contributed by atoms with E-state index in [0.717, 1.165) is 18.9 Å². The quantitative estimate of drug-likeness (QED) is 0.908. The second-order valence-corrected chi connectivity index (χ2v) is 5.73. The van der Waals surface area contributed by atoms with Gasteiger partial charge in [0.05, 0.1) is 0 Å². The number of aliphatic carboxylic acids is 1. The van der Waals surface area contributed by atoms with Gasteiger partial charge in [0.15, 0.2) is 0 Å². The zero-order valence-corrected chi connectivity index (χ0v) is 12.4.